The second-order valence-electron chi connectivity index (χ2n) is 8.19. The van der Waals surface area contributed by atoms with E-state index in [2.05, 4.69) is 10.6 Å². The number of aryl methyl sites for hydroxylation is 2. The van der Waals surface area contributed by atoms with E-state index >= 15 is 0 Å². The number of fused-ring (bicyclic) bond motifs is 1. The number of carbonyl (C=O) groups is 2. The first-order valence-corrected chi connectivity index (χ1v) is 13.2. The molecule has 0 spiro atoms. The van der Waals surface area contributed by atoms with Crippen LogP contribution in [0.3, 0.4) is 0 Å². The molecule has 0 aliphatic heterocycles. The predicted molar refractivity (Wildman–Crippen MR) is 131 cm³/mol. The maximum atomic E-state index is 13.0. The van der Waals surface area contributed by atoms with Crippen LogP contribution in [0.1, 0.15) is 20.8 Å². The van der Waals surface area contributed by atoms with E-state index in [9.17, 15) is 35.5 Å². The zero-order valence-corrected chi connectivity index (χ0v) is 29.1. The molecule has 0 radical (unpaired) electrons. The summed E-state index contributed by atoms with van der Waals surface area (Å²) in [6, 6.07) is 6.63. The molecule has 17 heteroatoms. The molecule has 2 amide bonds. The zero-order valence-electron chi connectivity index (χ0n) is 21.3. The maximum Gasteiger partial charge on any atom is 1.00 e. The van der Waals surface area contributed by atoms with Crippen molar-refractivity contribution in [2.24, 2.45) is 14.1 Å². The van der Waals surface area contributed by atoms with Gasteiger partial charge in [-0.15, -0.1) is 0 Å². The van der Waals surface area contributed by atoms with Crippen molar-refractivity contribution >= 4 is 59.9 Å². The van der Waals surface area contributed by atoms with Crippen LogP contribution < -0.4 is 119 Å². The minimum atomic E-state index is -5.18. The van der Waals surface area contributed by atoms with Gasteiger partial charge in [-0.2, -0.15) is 0 Å². The summed E-state index contributed by atoms with van der Waals surface area (Å²) >= 11 is 0. The van der Waals surface area contributed by atoms with E-state index < -0.39 is 41.8 Å². The molecule has 4 rings (SSSR count). The van der Waals surface area contributed by atoms with E-state index in [4.69, 9.17) is 5.73 Å². The molecule has 194 valence electrons. The van der Waals surface area contributed by atoms with Crippen LogP contribution in [0.5, 0.6) is 0 Å². The maximum absolute atomic E-state index is 13.0. The Bertz CT molecular complexity index is 1820. The molecular weight excluding hydrogens is 605 g/mol. The van der Waals surface area contributed by atoms with E-state index in [1.54, 1.807) is 20.3 Å². The average molecular weight is 624 g/mol. The van der Waals surface area contributed by atoms with Crippen LogP contribution in [0, 0.1) is 0 Å². The fraction of sp³-hybridized carbons (Fsp3) is 0.0909. The van der Waals surface area contributed by atoms with Crippen molar-refractivity contribution in [3.63, 3.8) is 0 Å². The second-order valence-corrected chi connectivity index (χ2v) is 10.9. The van der Waals surface area contributed by atoms with Crippen LogP contribution in [-0.4, -0.2) is 46.9 Å². The summed E-state index contributed by atoms with van der Waals surface area (Å²) in [6.07, 6.45) is 4.51. The van der Waals surface area contributed by atoms with Crippen molar-refractivity contribution in [2.45, 2.75) is 9.79 Å². The van der Waals surface area contributed by atoms with Crippen molar-refractivity contribution in [1.29, 1.82) is 0 Å². The van der Waals surface area contributed by atoms with Gasteiger partial charge in [0.25, 0.3) is 11.8 Å². The van der Waals surface area contributed by atoms with Crippen molar-refractivity contribution in [3.8, 4) is 0 Å². The minimum Gasteiger partial charge on any atom is -0.744 e. The van der Waals surface area contributed by atoms with Gasteiger partial charge in [-0.3, -0.25) is 9.59 Å². The summed E-state index contributed by atoms with van der Waals surface area (Å²) in [4.78, 5) is 23.9. The van der Waals surface area contributed by atoms with E-state index in [0.29, 0.717) is 11.8 Å². The molecule has 0 aliphatic carbocycles. The number of hydrogen-bond donors (Lipinski definition) is 3. The molecule has 2 heterocycles. The van der Waals surface area contributed by atoms with Gasteiger partial charge in [0.05, 0.1) is 26.7 Å². The summed E-state index contributed by atoms with van der Waals surface area (Å²) in [7, 11) is -6.96. The fourth-order valence-electron chi connectivity index (χ4n) is 3.79. The Labute approximate surface area is 308 Å². The number of aromatic nitrogens is 2. The molecule has 2 aromatic carbocycles. The van der Waals surface area contributed by atoms with Crippen LogP contribution in [0.25, 0.3) is 10.8 Å². The second kappa shape index (κ2) is 12.9. The molecule has 39 heavy (non-hydrogen) atoms. The molecule has 4 N–H and O–H groups in total. The normalized spacial score (nSPS) is 11.4. The van der Waals surface area contributed by atoms with Crippen LogP contribution in [-0.2, 0) is 34.3 Å². The third-order valence-corrected chi connectivity index (χ3v) is 7.10. The van der Waals surface area contributed by atoms with Crippen molar-refractivity contribution < 1.29 is 138 Å². The van der Waals surface area contributed by atoms with Gasteiger partial charge in [-0.1, -0.05) is 6.07 Å². The quantitative estimate of drug-likeness (QED) is 0.139. The van der Waals surface area contributed by atoms with E-state index in [1.165, 1.54) is 39.7 Å². The molecule has 13 nitrogen and oxygen atoms in total. The van der Waals surface area contributed by atoms with Crippen LogP contribution in [0.15, 0.2) is 64.8 Å². The number of hydrogen-bond acceptors (Lipinski definition) is 9. The number of nitrogens with one attached hydrogen (secondary N) is 2. The van der Waals surface area contributed by atoms with Gasteiger partial charge >= 0.3 is 103 Å². The van der Waals surface area contributed by atoms with Gasteiger partial charge in [0, 0.05) is 43.8 Å². The predicted octanol–water partition coefficient (Wildman–Crippen LogP) is -4.58. The molecule has 4 aromatic rings. The summed E-state index contributed by atoms with van der Waals surface area (Å²) in [5.41, 5.74) is 6.67. The first-order valence-electron chi connectivity index (χ1n) is 10.3. The Morgan fingerprint density at radius 2 is 1.51 bits per heavy atom. The average Bonchev–Trinajstić information content (AvgIpc) is 3.32. The van der Waals surface area contributed by atoms with Crippen molar-refractivity contribution in [3.05, 3.63) is 66.2 Å². The monoisotopic (exact) mass is 623 g/mol. The molecule has 0 fully saturated rings. The number of amides is 2. The van der Waals surface area contributed by atoms with Gasteiger partial charge in [0.15, 0.2) is 0 Å². The molecule has 0 saturated carbocycles. The third-order valence-electron chi connectivity index (χ3n) is 5.41. The van der Waals surface area contributed by atoms with E-state index in [-0.39, 0.29) is 136 Å². The number of nitrogens with two attached hydrogens (primary N) is 1. The first kappa shape index (κ1) is 34.3. The Morgan fingerprint density at radius 1 is 0.846 bits per heavy atom. The topological polar surface area (TPSA) is 208 Å². The van der Waals surface area contributed by atoms with Gasteiger partial charge in [-0.25, -0.2) is 16.8 Å². The SMILES string of the molecule is Cn1cc(NC(=O)c2cc(N)cn2C)c(C(=O)Nc2ccc3cc(S(=O)(=O)[O-])cc(S(=O)(=O)[O-])c3c2)c1.[K+].[K+]. The molecule has 0 bridgehead atoms. The Morgan fingerprint density at radius 3 is 2.08 bits per heavy atom. The number of nitrogens with zero attached hydrogens (tertiary/aromatic N) is 2. The number of nitrogen functional groups attached to an aromatic ring is 1. The molecule has 0 aliphatic rings. The molecule has 0 unspecified atom stereocenters. The van der Waals surface area contributed by atoms with Crippen molar-refractivity contribution in [1.82, 2.24) is 9.13 Å². The van der Waals surface area contributed by atoms with Crippen molar-refractivity contribution in [2.75, 3.05) is 16.4 Å². The van der Waals surface area contributed by atoms with Gasteiger partial charge in [-0.05, 0) is 35.7 Å². The van der Waals surface area contributed by atoms with E-state index in [0.717, 1.165) is 12.1 Å². The molecule has 0 atom stereocenters. The minimum absolute atomic E-state index is 0. The Kier molecular flexibility index (Phi) is 11.4. The Balaban J connectivity index is 0.00000267. The van der Waals surface area contributed by atoms with Gasteiger partial charge in [0.1, 0.15) is 25.9 Å². The van der Waals surface area contributed by atoms with E-state index in [1.807, 2.05) is 0 Å². The number of benzene rings is 2. The zero-order chi connectivity index (χ0) is 27.3. The molecule has 0 saturated heterocycles. The fourth-order valence-corrected chi connectivity index (χ4v) is 5.12. The van der Waals surface area contributed by atoms with Crippen LogP contribution in [0.2, 0.25) is 0 Å². The molecular formula is C22H19K2N5O8S2. The van der Waals surface area contributed by atoms with Crippen LogP contribution in [0.4, 0.5) is 17.1 Å². The van der Waals surface area contributed by atoms with Gasteiger partial charge < -0.3 is 34.6 Å². The summed E-state index contributed by atoms with van der Waals surface area (Å²) < 4.78 is 72.6. The van der Waals surface area contributed by atoms with Crippen LogP contribution >= 0.6 is 0 Å². The summed E-state index contributed by atoms with van der Waals surface area (Å²) in [5, 5.41) is 4.99. The Hall–Kier alpha value is -0.907. The van der Waals surface area contributed by atoms with Gasteiger partial charge in [0.2, 0.25) is 0 Å². The number of rotatable bonds is 6. The summed E-state index contributed by atoms with van der Waals surface area (Å²) in [6.45, 7) is 0. The number of anilines is 3. The first-order chi connectivity index (χ1) is 17.1. The smallest absolute Gasteiger partial charge is 0.744 e. The third kappa shape index (κ3) is 7.89. The number of carbonyl (C=O) groups excluding carboxylic acids is 2. The molecule has 2 aromatic heterocycles. The standard InChI is InChI=1S/C22H21N5O8S2.2K/c1-26-10-17(18(11-26)25-22(29)19-6-13(23)9-27(19)2)21(28)24-14-4-3-12-5-15(36(30,31)32)8-20(16(12)7-14)37(33,34)35;;/h3-11H,23H2,1-2H3,(H,24,28)(H,25,29)(H,30,31,32)(H,33,34,35);;/q;2*+1/p-2. The largest absolute Gasteiger partial charge is 1.00 e. The summed E-state index contributed by atoms with van der Waals surface area (Å²) in [5.74, 6) is -1.19.